The number of rotatable bonds is 5. The number of ether oxygens (including phenoxy) is 2. The molecule has 1 aliphatic rings. The van der Waals surface area contributed by atoms with Crippen LogP contribution in [0.25, 0.3) is 0 Å². The molecule has 0 spiro atoms. The molecular formula is C22H19NO6S. The van der Waals surface area contributed by atoms with E-state index in [1.165, 1.54) is 24.3 Å². The number of carbonyl (C=O) groups is 1. The van der Waals surface area contributed by atoms with Crippen LogP contribution in [0.3, 0.4) is 0 Å². The van der Waals surface area contributed by atoms with Crippen molar-refractivity contribution in [3.8, 4) is 17.2 Å². The third kappa shape index (κ3) is 4.08. The SMILES string of the molecule is Cc1ccc(C)c(S(=O)(=O)Oc2ccc(C(=O)Nc3ccc4c(c3)OCO4)cc2)c1. The molecule has 0 atom stereocenters. The second-order valence-corrected chi connectivity index (χ2v) is 8.37. The third-order valence-electron chi connectivity index (χ3n) is 4.57. The minimum Gasteiger partial charge on any atom is -0.454 e. The number of hydrogen-bond donors (Lipinski definition) is 1. The fraction of sp³-hybridized carbons (Fsp3) is 0.136. The molecule has 30 heavy (non-hydrogen) atoms. The van der Waals surface area contributed by atoms with Crippen molar-refractivity contribution in [3.63, 3.8) is 0 Å². The van der Waals surface area contributed by atoms with Gasteiger partial charge in [0.1, 0.15) is 10.6 Å². The first kappa shape index (κ1) is 19.8. The van der Waals surface area contributed by atoms with Crippen LogP contribution in [0.15, 0.2) is 65.6 Å². The Bertz CT molecular complexity index is 1220. The molecule has 3 aromatic carbocycles. The molecule has 154 valence electrons. The molecule has 0 saturated heterocycles. The van der Waals surface area contributed by atoms with Gasteiger partial charge in [0.05, 0.1) is 0 Å². The normalized spacial score (nSPS) is 12.5. The summed E-state index contributed by atoms with van der Waals surface area (Å²) in [5.41, 5.74) is 2.32. The Balaban J connectivity index is 1.47. The molecule has 0 unspecified atom stereocenters. The second-order valence-electron chi connectivity index (χ2n) is 6.85. The summed E-state index contributed by atoms with van der Waals surface area (Å²) in [6.07, 6.45) is 0. The van der Waals surface area contributed by atoms with Gasteiger partial charge in [-0.25, -0.2) is 0 Å². The maximum atomic E-state index is 12.6. The molecule has 1 aliphatic heterocycles. The molecule has 8 heteroatoms. The summed E-state index contributed by atoms with van der Waals surface area (Å²) in [4.78, 5) is 12.6. The van der Waals surface area contributed by atoms with Gasteiger partial charge in [0.2, 0.25) is 6.79 Å². The number of benzene rings is 3. The molecule has 4 rings (SSSR count). The van der Waals surface area contributed by atoms with E-state index in [-0.39, 0.29) is 23.3 Å². The van der Waals surface area contributed by atoms with E-state index in [1.54, 1.807) is 37.3 Å². The molecule has 7 nitrogen and oxygen atoms in total. The van der Waals surface area contributed by atoms with Crippen LogP contribution in [0, 0.1) is 13.8 Å². The van der Waals surface area contributed by atoms with Crippen molar-refractivity contribution in [3.05, 3.63) is 77.4 Å². The summed E-state index contributed by atoms with van der Waals surface area (Å²) in [7, 11) is -3.98. The van der Waals surface area contributed by atoms with Gasteiger partial charge in [0.15, 0.2) is 11.5 Å². The number of hydrogen-bond acceptors (Lipinski definition) is 6. The van der Waals surface area contributed by atoms with Crippen LogP contribution < -0.4 is 19.0 Å². The molecular weight excluding hydrogens is 406 g/mol. The Morgan fingerprint density at radius 3 is 2.43 bits per heavy atom. The number of carbonyl (C=O) groups excluding carboxylic acids is 1. The smallest absolute Gasteiger partial charge is 0.339 e. The largest absolute Gasteiger partial charge is 0.454 e. The highest BCUT2D eigenvalue weighted by molar-refractivity contribution is 7.87. The number of amides is 1. The monoisotopic (exact) mass is 425 g/mol. The molecule has 0 bridgehead atoms. The third-order valence-corrected chi connectivity index (χ3v) is 5.96. The Morgan fingerprint density at radius 1 is 0.933 bits per heavy atom. The Labute approximate surface area is 174 Å². The average Bonchev–Trinajstić information content (AvgIpc) is 3.18. The Morgan fingerprint density at radius 2 is 1.67 bits per heavy atom. The summed E-state index contributed by atoms with van der Waals surface area (Å²) < 4.78 is 41.0. The average molecular weight is 425 g/mol. The van der Waals surface area contributed by atoms with E-state index in [9.17, 15) is 13.2 Å². The van der Waals surface area contributed by atoms with Crippen LogP contribution in [0.4, 0.5) is 5.69 Å². The van der Waals surface area contributed by atoms with E-state index in [1.807, 2.05) is 13.0 Å². The summed E-state index contributed by atoms with van der Waals surface area (Å²) in [5.74, 6) is 0.959. The van der Waals surface area contributed by atoms with Crippen LogP contribution in [0.2, 0.25) is 0 Å². The van der Waals surface area contributed by atoms with Gasteiger partial charge in [0.25, 0.3) is 5.91 Å². The summed E-state index contributed by atoms with van der Waals surface area (Å²) in [5, 5.41) is 2.76. The number of nitrogens with one attached hydrogen (secondary N) is 1. The first-order valence-corrected chi connectivity index (χ1v) is 10.6. The van der Waals surface area contributed by atoms with Crippen LogP contribution >= 0.6 is 0 Å². The van der Waals surface area contributed by atoms with Crippen molar-refractivity contribution in [1.29, 1.82) is 0 Å². The first-order chi connectivity index (χ1) is 14.3. The molecule has 1 heterocycles. The zero-order valence-electron chi connectivity index (χ0n) is 16.3. The van der Waals surface area contributed by atoms with E-state index in [4.69, 9.17) is 13.7 Å². The highest BCUT2D eigenvalue weighted by Crippen LogP contribution is 2.34. The summed E-state index contributed by atoms with van der Waals surface area (Å²) >= 11 is 0. The van der Waals surface area contributed by atoms with Crippen molar-refractivity contribution >= 4 is 21.7 Å². The highest BCUT2D eigenvalue weighted by Gasteiger charge is 2.20. The van der Waals surface area contributed by atoms with E-state index >= 15 is 0 Å². The van der Waals surface area contributed by atoms with Gasteiger partial charge in [-0.1, -0.05) is 12.1 Å². The molecule has 0 aromatic heterocycles. The van der Waals surface area contributed by atoms with Crippen molar-refractivity contribution < 1.29 is 26.9 Å². The highest BCUT2D eigenvalue weighted by atomic mass is 32.2. The lowest BCUT2D eigenvalue weighted by atomic mass is 10.2. The quantitative estimate of drug-likeness (QED) is 0.620. The molecule has 0 saturated carbocycles. The topological polar surface area (TPSA) is 90.9 Å². The van der Waals surface area contributed by atoms with Gasteiger partial charge in [-0.2, -0.15) is 8.42 Å². The van der Waals surface area contributed by atoms with Crippen molar-refractivity contribution in [2.75, 3.05) is 12.1 Å². The molecule has 0 radical (unpaired) electrons. The van der Waals surface area contributed by atoms with Gasteiger partial charge in [-0.15, -0.1) is 0 Å². The van der Waals surface area contributed by atoms with E-state index in [0.717, 1.165) is 5.56 Å². The van der Waals surface area contributed by atoms with E-state index < -0.39 is 10.1 Å². The number of fused-ring (bicyclic) bond motifs is 1. The van der Waals surface area contributed by atoms with Gasteiger partial charge in [-0.3, -0.25) is 4.79 Å². The van der Waals surface area contributed by atoms with Crippen molar-refractivity contribution in [2.24, 2.45) is 0 Å². The van der Waals surface area contributed by atoms with Gasteiger partial charge in [0, 0.05) is 17.3 Å². The van der Waals surface area contributed by atoms with Gasteiger partial charge in [-0.05, 0) is 67.4 Å². The summed E-state index contributed by atoms with van der Waals surface area (Å²) in [6.45, 7) is 3.67. The van der Waals surface area contributed by atoms with Crippen LogP contribution in [-0.4, -0.2) is 21.1 Å². The predicted molar refractivity (Wildman–Crippen MR) is 111 cm³/mol. The zero-order chi connectivity index (χ0) is 21.3. The minimum absolute atomic E-state index is 0.118. The standard InChI is InChI=1S/C22H19NO6S/c1-14-3-4-15(2)21(11-14)30(25,26)29-18-8-5-16(6-9-18)22(24)23-17-7-10-19-20(12-17)28-13-27-19/h3-12H,13H2,1-2H3,(H,23,24). The second kappa shape index (κ2) is 7.72. The Kier molecular flexibility index (Phi) is 5.09. The maximum Gasteiger partial charge on any atom is 0.339 e. The van der Waals surface area contributed by atoms with Crippen LogP contribution in [0.5, 0.6) is 17.2 Å². The Hall–Kier alpha value is -3.52. The minimum atomic E-state index is -3.98. The molecule has 1 amide bonds. The van der Waals surface area contributed by atoms with Gasteiger partial charge >= 0.3 is 10.1 Å². The number of aryl methyl sites for hydroxylation is 2. The predicted octanol–water partition coefficient (Wildman–Crippen LogP) is 4.05. The summed E-state index contributed by atoms with van der Waals surface area (Å²) in [6, 6.07) is 16.1. The lowest BCUT2D eigenvalue weighted by Gasteiger charge is -2.11. The lowest BCUT2D eigenvalue weighted by molar-refractivity contribution is 0.102. The molecule has 0 fully saturated rings. The first-order valence-electron chi connectivity index (χ1n) is 9.15. The van der Waals surface area contributed by atoms with E-state index in [0.29, 0.717) is 28.3 Å². The molecule has 1 N–H and O–H groups in total. The van der Waals surface area contributed by atoms with Crippen molar-refractivity contribution in [1.82, 2.24) is 0 Å². The zero-order valence-corrected chi connectivity index (χ0v) is 17.2. The van der Waals surface area contributed by atoms with E-state index in [2.05, 4.69) is 5.32 Å². The number of anilines is 1. The van der Waals surface area contributed by atoms with Crippen molar-refractivity contribution in [2.45, 2.75) is 18.7 Å². The van der Waals surface area contributed by atoms with Crippen LogP contribution in [0.1, 0.15) is 21.5 Å². The molecule has 3 aromatic rings. The van der Waals surface area contributed by atoms with Crippen LogP contribution in [-0.2, 0) is 10.1 Å². The molecule has 0 aliphatic carbocycles. The fourth-order valence-corrected chi connectivity index (χ4v) is 4.23. The maximum absolute atomic E-state index is 12.6. The lowest BCUT2D eigenvalue weighted by Crippen LogP contribution is -2.13. The van der Waals surface area contributed by atoms with Gasteiger partial charge < -0.3 is 19.0 Å². The fourth-order valence-electron chi connectivity index (χ4n) is 2.99.